The minimum absolute atomic E-state index is 0.0637. The molecule has 0 bridgehead atoms. The molecule has 0 saturated carbocycles. The predicted octanol–water partition coefficient (Wildman–Crippen LogP) is 1.61. The van der Waals surface area contributed by atoms with Crippen LogP contribution >= 0.6 is 0 Å². The lowest BCUT2D eigenvalue weighted by atomic mass is 10.1. The molecule has 0 aliphatic heterocycles. The molecule has 1 amide bonds. The summed E-state index contributed by atoms with van der Waals surface area (Å²) in [6.07, 6.45) is 2.86. The van der Waals surface area contributed by atoms with Gasteiger partial charge in [0.15, 0.2) is 6.61 Å². The second-order valence-corrected chi connectivity index (χ2v) is 4.69. The Morgan fingerprint density at radius 2 is 2.29 bits per heavy atom. The quantitative estimate of drug-likeness (QED) is 0.531. The van der Waals surface area contributed by atoms with E-state index in [0.717, 1.165) is 19.3 Å². The van der Waals surface area contributed by atoms with Crippen LogP contribution in [-0.4, -0.2) is 30.0 Å². The van der Waals surface area contributed by atoms with E-state index in [1.165, 1.54) is 18.2 Å². The number of nitrogens with two attached hydrogens (primary N) is 1. The molecule has 0 heterocycles. The summed E-state index contributed by atoms with van der Waals surface area (Å²) in [6.45, 7) is 2.26. The van der Waals surface area contributed by atoms with Gasteiger partial charge in [0, 0.05) is 18.7 Å². The van der Waals surface area contributed by atoms with Gasteiger partial charge in [0.25, 0.3) is 11.6 Å². The van der Waals surface area contributed by atoms with Crippen molar-refractivity contribution in [2.45, 2.75) is 32.2 Å². The van der Waals surface area contributed by atoms with Gasteiger partial charge in [-0.15, -0.1) is 0 Å². The first-order valence-corrected chi connectivity index (χ1v) is 6.93. The monoisotopic (exact) mass is 295 g/mol. The molecular formula is C14H21N3O4. The van der Waals surface area contributed by atoms with E-state index < -0.39 is 4.92 Å². The van der Waals surface area contributed by atoms with Gasteiger partial charge in [0.2, 0.25) is 0 Å². The minimum atomic E-state index is -0.512. The molecule has 1 unspecified atom stereocenters. The number of hydrogen-bond acceptors (Lipinski definition) is 5. The second kappa shape index (κ2) is 8.91. The highest BCUT2D eigenvalue weighted by Gasteiger charge is 2.12. The van der Waals surface area contributed by atoms with Gasteiger partial charge >= 0.3 is 0 Å². The van der Waals surface area contributed by atoms with E-state index in [-0.39, 0.29) is 30.0 Å². The first kappa shape index (κ1) is 16.9. The van der Waals surface area contributed by atoms with Crippen molar-refractivity contribution in [1.82, 2.24) is 5.32 Å². The molecular weight excluding hydrogens is 274 g/mol. The largest absolute Gasteiger partial charge is 0.484 e. The Morgan fingerprint density at radius 3 is 2.90 bits per heavy atom. The van der Waals surface area contributed by atoms with Gasteiger partial charge in [-0.05, 0) is 12.5 Å². The predicted molar refractivity (Wildman–Crippen MR) is 79.1 cm³/mol. The second-order valence-electron chi connectivity index (χ2n) is 4.69. The highest BCUT2D eigenvalue weighted by molar-refractivity contribution is 5.77. The van der Waals surface area contributed by atoms with Crippen molar-refractivity contribution in [3.63, 3.8) is 0 Å². The lowest BCUT2D eigenvalue weighted by Crippen LogP contribution is -2.42. The molecule has 0 radical (unpaired) electrons. The van der Waals surface area contributed by atoms with E-state index >= 15 is 0 Å². The Bertz CT molecular complexity index is 479. The maximum Gasteiger partial charge on any atom is 0.273 e. The molecule has 0 aliphatic rings. The zero-order valence-electron chi connectivity index (χ0n) is 12.1. The van der Waals surface area contributed by atoms with Gasteiger partial charge in [0.05, 0.1) is 11.0 Å². The van der Waals surface area contributed by atoms with Crippen LogP contribution in [0.2, 0.25) is 0 Å². The molecule has 1 rings (SSSR count). The van der Waals surface area contributed by atoms with Crippen LogP contribution in [0.5, 0.6) is 5.75 Å². The van der Waals surface area contributed by atoms with Gasteiger partial charge in [-0.2, -0.15) is 0 Å². The third-order valence-electron chi connectivity index (χ3n) is 2.95. The van der Waals surface area contributed by atoms with Crippen molar-refractivity contribution in [2.24, 2.45) is 5.73 Å². The minimum Gasteiger partial charge on any atom is -0.484 e. The third-order valence-corrected chi connectivity index (χ3v) is 2.95. The molecule has 0 saturated heterocycles. The van der Waals surface area contributed by atoms with E-state index in [0.29, 0.717) is 6.54 Å². The van der Waals surface area contributed by atoms with Crippen LogP contribution in [0.4, 0.5) is 5.69 Å². The number of hydrogen-bond donors (Lipinski definition) is 2. The van der Waals surface area contributed by atoms with E-state index in [1.807, 2.05) is 0 Å². The third kappa shape index (κ3) is 6.22. The smallest absolute Gasteiger partial charge is 0.273 e. The van der Waals surface area contributed by atoms with Crippen LogP contribution in [0.1, 0.15) is 26.2 Å². The molecule has 1 atom stereocenters. The van der Waals surface area contributed by atoms with Gasteiger partial charge in [-0.1, -0.05) is 25.8 Å². The van der Waals surface area contributed by atoms with Crippen LogP contribution in [0, 0.1) is 10.1 Å². The number of carbonyl (C=O) groups excluding carboxylic acids is 1. The number of unbranched alkanes of at least 4 members (excludes halogenated alkanes) is 1. The van der Waals surface area contributed by atoms with Crippen molar-refractivity contribution in [3.8, 4) is 5.75 Å². The first-order valence-electron chi connectivity index (χ1n) is 6.93. The molecule has 0 aliphatic carbocycles. The number of nitrogens with zero attached hydrogens (tertiary/aromatic N) is 1. The van der Waals surface area contributed by atoms with Gasteiger partial charge in [-0.3, -0.25) is 14.9 Å². The lowest BCUT2D eigenvalue weighted by molar-refractivity contribution is -0.384. The SMILES string of the molecule is CCCCC(CN)NC(=O)COc1cccc([N+](=O)[O-])c1. The highest BCUT2D eigenvalue weighted by atomic mass is 16.6. The Hall–Kier alpha value is -2.15. The van der Waals surface area contributed by atoms with E-state index in [2.05, 4.69) is 12.2 Å². The summed E-state index contributed by atoms with van der Waals surface area (Å²) in [6, 6.07) is 5.66. The average molecular weight is 295 g/mol. The molecule has 21 heavy (non-hydrogen) atoms. The zero-order chi connectivity index (χ0) is 15.7. The first-order chi connectivity index (χ1) is 10.1. The van der Waals surface area contributed by atoms with E-state index in [1.54, 1.807) is 6.07 Å². The van der Waals surface area contributed by atoms with Crippen LogP contribution < -0.4 is 15.8 Å². The number of carbonyl (C=O) groups is 1. The average Bonchev–Trinajstić information content (AvgIpc) is 2.49. The Kier molecular flexibility index (Phi) is 7.17. The molecule has 3 N–H and O–H groups in total. The fraction of sp³-hybridized carbons (Fsp3) is 0.500. The molecule has 116 valence electrons. The molecule has 0 fully saturated rings. The van der Waals surface area contributed by atoms with Gasteiger partial charge in [0.1, 0.15) is 5.75 Å². The highest BCUT2D eigenvalue weighted by Crippen LogP contribution is 2.18. The fourth-order valence-corrected chi connectivity index (χ4v) is 1.80. The molecule has 1 aromatic carbocycles. The standard InChI is InChI=1S/C14H21N3O4/c1-2-3-5-11(9-15)16-14(18)10-21-13-7-4-6-12(8-13)17(19)20/h4,6-8,11H,2-3,5,9-10,15H2,1H3,(H,16,18). The van der Waals surface area contributed by atoms with Crippen molar-refractivity contribution in [3.05, 3.63) is 34.4 Å². The van der Waals surface area contributed by atoms with Crippen LogP contribution in [0.25, 0.3) is 0 Å². The molecule has 7 heteroatoms. The van der Waals surface area contributed by atoms with Crippen molar-refractivity contribution >= 4 is 11.6 Å². The fourth-order valence-electron chi connectivity index (χ4n) is 1.80. The topological polar surface area (TPSA) is 107 Å². The number of amides is 1. The summed E-state index contributed by atoms with van der Waals surface area (Å²) in [7, 11) is 0. The van der Waals surface area contributed by atoms with Crippen molar-refractivity contribution in [1.29, 1.82) is 0 Å². The molecule has 1 aromatic rings. The summed E-state index contributed by atoms with van der Waals surface area (Å²) >= 11 is 0. The molecule has 0 aromatic heterocycles. The number of benzene rings is 1. The number of rotatable bonds is 9. The van der Waals surface area contributed by atoms with E-state index in [4.69, 9.17) is 10.5 Å². The summed E-state index contributed by atoms with van der Waals surface area (Å²) in [4.78, 5) is 21.9. The summed E-state index contributed by atoms with van der Waals surface area (Å²) in [5.41, 5.74) is 5.52. The number of nitro groups is 1. The molecule has 0 spiro atoms. The Balaban J connectivity index is 2.45. The molecule has 7 nitrogen and oxygen atoms in total. The number of non-ortho nitro benzene ring substituents is 1. The van der Waals surface area contributed by atoms with Crippen LogP contribution in [-0.2, 0) is 4.79 Å². The van der Waals surface area contributed by atoms with E-state index in [9.17, 15) is 14.9 Å². The lowest BCUT2D eigenvalue weighted by Gasteiger charge is -2.16. The van der Waals surface area contributed by atoms with Crippen LogP contribution in [0.3, 0.4) is 0 Å². The number of nitrogens with one attached hydrogen (secondary N) is 1. The Morgan fingerprint density at radius 1 is 1.52 bits per heavy atom. The van der Waals surface area contributed by atoms with Crippen LogP contribution in [0.15, 0.2) is 24.3 Å². The summed E-state index contributed by atoms with van der Waals surface area (Å²) < 4.78 is 5.25. The van der Waals surface area contributed by atoms with Crippen molar-refractivity contribution in [2.75, 3.05) is 13.2 Å². The van der Waals surface area contributed by atoms with Gasteiger partial charge < -0.3 is 15.8 Å². The zero-order valence-corrected chi connectivity index (χ0v) is 12.1. The summed E-state index contributed by atoms with van der Waals surface area (Å²) in [5, 5.41) is 13.4. The maximum atomic E-state index is 11.7. The number of nitro benzene ring substituents is 1. The maximum absolute atomic E-state index is 11.7. The van der Waals surface area contributed by atoms with Gasteiger partial charge in [-0.25, -0.2) is 0 Å². The normalized spacial score (nSPS) is 11.7. The summed E-state index contributed by atoms with van der Waals surface area (Å²) in [5.74, 6) is 0.00488. The number of ether oxygens (including phenoxy) is 1. The van der Waals surface area contributed by atoms with Crippen molar-refractivity contribution < 1.29 is 14.5 Å². The Labute approximate surface area is 123 Å².